The van der Waals surface area contributed by atoms with Crippen LogP contribution in [0.3, 0.4) is 0 Å². The largest absolute Gasteiger partial charge is 0.382 e. The van der Waals surface area contributed by atoms with E-state index in [9.17, 15) is 4.39 Å². The molecule has 0 aliphatic rings. The van der Waals surface area contributed by atoms with Crippen molar-refractivity contribution in [3.63, 3.8) is 0 Å². The maximum absolute atomic E-state index is 13.1. The van der Waals surface area contributed by atoms with Crippen LogP contribution < -0.4 is 5.73 Å². The number of benzene rings is 1. The molecule has 3 N–H and O–H groups in total. The Morgan fingerprint density at radius 1 is 1.24 bits per heavy atom. The topological polar surface area (TPSA) is 80.5 Å². The highest BCUT2D eigenvalue weighted by Gasteiger charge is 2.09. The van der Waals surface area contributed by atoms with Crippen LogP contribution in [0.1, 0.15) is 0 Å². The van der Waals surface area contributed by atoms with Crippen molar-refractivity contribution in [3.8, 4) is 11.4 Å². The zero-order valence-electron chi connectivity index (χ0n) is 8.68. The molecule has 0 radical (unpaired) electrons. The molecular weight excluding hydrogens is 221 g/mol. The SMILES string of the molecule is Nc1ncnc2nc(-c3cccc(F)c3)[nH]c12. The van der Waals surface area contributed by atoms with Crippen LogP contribution in [-0.4, -0.2) is 19.9 Å². The van der Waals surface area contributed by atoms with E-state index >= 15 is 0 Å². The number of hydrogen-bond acceptors (Lipinski definition) is 4. The number of anilines is 1. The van der Waals surface area contributed by atoms with Crippen molar-refractivity contribution >= 4 is 17.0 Å². The van der Waals surface area contributed by atoms with Crippen molar-refractivity contribution < 1.29 is 4.39 Å². The minimum Gasteiger partial charge on any atom is -0.382 e. The van der Waals surface area contributed by atoms with Gasteiger partial charge in [0.05, 0.1) is 0 Å². The number of fused-ring (bicyclic) bond motifs is 1. The van der Waals surface area contributed by atoms with Crippen LogP contribution in [0.2, 0.25) is 0 Å². The van der Waals surface area contributed by atoms with Gasteiger partial charge in [-0.1, -0.05) is 12.1 Å². The molecule has 0 spiro atoms. The Balaban J connectivity index is 2.22. The lowest BCUT2D eigenvalue weighted by atomic mass is 10.2. The molecular formula is C11H8FN5. The van der Waals surface area contributed by atoms with Crippen LogP contribution in [0.5, 0.6) is 0 Å². The third-order valence-corrected chi connectivity index (χ3v) is 2.42. The molecule has 6 heteroatoms. The smallest absolute Gasteiger partial charge is 0.183 e. The van der Waals surface area contributed by atoms with Crippen LogP contribution in [-0.2, 0) is 0 Å². The third-order valence-electron chi connectivity index (χ3n) is 2.42. The predicted molar refractivity (Wildman–Crippen MR) is 61.5 cm³/mol. The number of hydrogen-bond donors (Lipinski definition) is 2. The van der Waals surface area contributed by atoms with Crippen molar-refractivity contribution in [2.24, 2.45) is 0 Å². The van der Waals surface area contributed by atoms with Crippen molar-refractivity contribution in [2.75, 3.05) is 5.73 Å². The number of imidazole rings is 1. The van der Waals surface area contributed by atoms with E-state index in [1.54, 1.807) is 12.1 Å². The highest BCUT2D eigenvalue weighted by Crippen LogP contribution is 2.21. The molecule has 0 atom stereocenters. The molecule has 0 fully saturated rings. The second-order valence-electron chi connectivity index (χ2n) is 3.55. The van der Waals surface area contributed by atoms with Gasteiger partial charge in [-0.25, -0.2) is 19.3 Å². The number of H-pyrrole nitrogens is 1. The summed E-state index contributed by atoms with van der Waals surface area (Å²) in [6.45, 7) is 0. The summed E-state index contributed by atoms with van der Waals surface area (Å²) in [5, 5.41) is 0. The van der Waals surface area contributed by atoms with E-state index in [0.717, 1.165) is 0 Å². The van der Waals surface area contributed by atoms with Gasteiger partial charge in [0.2, 0.25) is 0 Å². The van der Waals surface area contributed by atoms with Gasteiger partial charge in [0.15, 0.2) is 11.5 Å². The minimum atomic E-state index is -0.318. The monoisotopic (exact) mass is 229 g/mol. The first-order chi connectivity index (χ1) is 8.24. The van der Waals surface area contributed by atoms with Gasteiger partial charge in [-0.05, 0) is 12.1 Å². The standard InChI is InChI=1S/C11H8FN5/c12-7-3-1-2-6(4-7)10-16-8-9(13)14-5-15-11(8)17-10/h1-5H,(H3,13,14,15,16,17). The Labute approximate surface area is 95.5 Å². The van der Waals surface area contributed by atoms with Gasteiger partial charge in [-0.3, -0.25) is 0 Å². The fraction of sp³-hybridized carbons (Fsp3) is 0. The number of aromatic nitrogens is 4. The summed E-state index contributed by atoms with van der Waals surface area (Å²) in [5.41, 5.74) is 7.35. The summed E-state index contributed by atoms with van der Waals surface area (Å²) in [7, 11) is 0. The Morgan fingerprint density at radius 2 is 2.12 bits per heavy atom. The van der Waals surface area contributed by atoms with Crippen LogP contribution in [0.15, 0.2) is 30.6 Å². The highest BCUT2D eigenvalue weighted by atomic mass is 19.1. The lowest BCUT2D eigenvalue weighted by molar-refractivity contribution is 0.628. The van der Waals surface area contributed by atoms with Crippen molar-refractivity contribution in [2.45, 2.75) is 0 Å². The lowest BCUT2D eigenvalue weighted by Crippen LogP contribution is -1.91. The summed E-state index contributed by atoms with van der Waals surface area (Å²) < 4.78 is 13.1. The molecule has 17 heavy (non-hydrogen) atoms. The molecule has 5 nitrogen and oxygen atoms in total. The number of nitrogens with zero attached hydrogens (tertiary/aromatic N) is 3. The van der Waals surface area contributed by atoms with Gasteiger partial charge < -0.3 is 10.7 Å². The average molecular weight is 229 g/mol. The lowest BCUT2D eigenvalue weighted by Gasteiger charge is -1.95. The van der Waals surface area contributed by atoms with E-state index in [2.05, 4.69) is 19.9 Å². The summed E-state index contributed by atoms with van der Waals surface area (Å²) in [6.07, 6.45) is 1.34. The maximum Gasteiger partial charge on any atom is 0.183 e. The van der Waals surface area contributed by atoms with Crippen molar-refractivity contribution in [1.82, 2.24) is 19.9 Å². The summed E-state index contributed by atoms with van der Waals surface area (Å²) in [4.78, 5) is 15.0. The van der Waals surface area contributed by atoms with Gasteiger partial charge in [0.25, 0.3) is 0 Å². The van der Waals surface area contributed by atoms with E-state index in [-0.39, 0.29) is 5.82 Å². The van der Waals surface area contributed by atoms with E-state index in [1.807, 2.05) is 0 Å². The number of nitrogen functional groups attached to an aromatic ring is 1. The Morgan fingerprint density at radius 3 is 2.88 bits per heavy atom. The first-order valence-electron chi connectivity index (χ1n) is 4.96. The number of rotatable bonds is 1. The molecule has 0 aliphatic heterocycles. The second-order valence-corrected chi connectivity index (χ2v) is 3.55. The van der Waals surface area contributed by atoms with Gasteiger partial charge in [-0.2, -0.15) is 0 Å². The molecule has 2 heterocycles. The Kier molecular flexibility index (Phi) is 2.01. The quantitative estimate of drug-likeness (QED) is 0.666. The first-order valence-corrected chi connectivity index (χ1v) is 4.96. The Hall–Kier alpha value is -2.50. The van der Waals surface area contributed by atoms with E-state index < -0.39 is 0 Å². The maximum atomic E-state index is 13.1. The fourth-order valence-corrected chi connectivity index (χ4v) is 1.62. The molecule has 2 aromatic heterocycles. The molecule has 0 bridgehead atoms. The number of halogens is 1. The normalized spacial score (nSPS) is 10.9. The molecule has 0 amide bonds. The van der Waals surface area contributed by atoms with E-state index in [4.69, 9.17) is 5.73 Å². The van der Waals surface area contributed by atoms with Gasteiger partial charge in [0.1, 0.15) is 23.5 Å². The van der Waals surface area contributed by atoms with E-state index in [0.29, 0.717) is 28.4 Å². The summed E-state index contributed by atoms with van der Waals surface area (Å²) >= 11 is 0. The fourth-order valence-electron chi connectivity index (χ4n) is 1.62. The summed E-state index contributed by atoms with van der Waals surface area (Å²) in [6, 6.07) is 6.14. The van der Waals surface area contributed by atoms with E-state index in [1.165, 1.54) is 18.5 Å². The van der Waals surface area contributed by atoms with Gasteiger partial charge >= 0.3 is 0 Å². The predicted octanol–water partition coefficient (Wildman–Crippen LogP) is 1.74. The zero-order valence-corrected chi connectivity index (χ0v) is 8.68. The average Bonchev–Trinajstić information content (AvgIpc) is 2.74. The molecule has 0 aliphatic carbocycles. The van der Waals surface area contributed by atoms with Crippen LogP contribution in [0.25, 0.3) is 22.6 Å². The second kappa shape index (κ2) is 3.51. The summed E-state index contributed by atoms with van der Waals surface area (Å²) in [5.74, 6) is 0.527. The first kappa shape index (κ1) is 9.71. The third kappa shape index (κ3) is 1.59. The van der Waals surface area contributed by atoms with Crippen molar-refractivity contribution in [1.29, 1.82) is 0 Å². The highest BCUT2D eigenvalue weighted by molar-refractivity contribution is 5.84. The molecule has 3 aromatic rings. The van der Waals surface area contributed by atoms with Gasteiger partial charge in [-0.15, -0.1) is 0 Å². The number of nitrogens with one attached hydrogen (secondary N) is 1. The minimum absolute atomic E-state index is 0.318. The molecule has 0 unspecified atom stereocenters. The Bertz CT molecular complexity index is 691. The zero-order chi connectivity index (χ0) is 11.8. The molecule has 84 valence electrons. The molecule has 1 aromatic carbocycles. The molecule has 3 rings (SSSR count). The van der Waals surface area contributed by atoms with Crippen LogP contribution in [0.4, 0.5) is 10.2 Å². The van der Waals surface area contributed by atoms with Gasteiger partial charge in [0, 0.05) is 5.56 Å². The van der Waals surface area contributed by atoms with Crippen molar-refractivity contribution in [3.05, 3.63) is 36.4 Å². The number of nitrogens with two attached hydrogens (primary N) is 1. The van der Waals surface area contributed by atoms with Crippen LogP contribution >= 0.6 is 0 Å². The molecule has 0 saturated carbocycles. The molecule has 0 saturated heterocycles. The van der Waals surface area contributed by atoms with Crippen LogP contribution in [0, 0.1) is 5.82 Å². The number of aromatic amines is 1.